The maximum absolute atomic E-state index is 14.3. The number of halogens is 2. The van der Waals surface area contributed by atoms with Gasteiger partial charge in [0.2, 0.25) is 11.8 Å². The van der Waals surface area contributed by atoms with E-state index in [0.29, 0.717) is 22.9 Å². The van der Waals surface area contributed by atoms with Gasteiger partial charge in [-0.1, -0.05) is 42.3 Å². The van der Waals surface area contributed by atoms with Crippen LogP contribution in [0.15, 0.2) is 65.6 Å². The first-order valence-corrected chi connectivity index (χ1v) is 15.6. The second-order valence-corrected chi connectivity index (χ2v) is 12.0. The van der Waals surface area contributed by atoms with Gasteiger partial charge < -0.3 is 24.4 Å². The zero-order valence-electron chi connectivity index (χ0n) is 24.6. The maximum atomic E-state index is 14.3. The molecule has 0 saturated heterocycles. The van der Waals surface area contributed by atoms with Gasteiger partial charge in [-0.05, 0) is 61.4 Å². The normalized spacial score (nSPS) is 11.8. The summed E-state index contributed by atoms with van der Waals surface area (Å²) >= 11 is 12.4. The maximum Gasteiger partial charge on any atom is 0.265 e. The Morgan fingerprint density at radius 1 is 0.837 bits per heavy atom. The fourth-order valence-electron chi connectivity index (χ4n) is 4.47. The second kappa shape index (κ2) is 15.2. The third kappa shape index (κ3) is 8.04. The van der Waals surface area contributed by atoms with E-state index < -0.39 is 28.5 Å². The third-order valence-electron chi connectivity index (χ3n) is 6.63. The predicted molar refractivity (Wildman–Crippen MR) is 167 cm³/mol. The number of hydrogen-bond acceptors (Lipinski definition) is 7. The number of carbonyl (C=O) groups excluding carboxylic acids is 2. The number of sulfonamides is 1. The minimum absolute atomic E-state index is 0.0303. The minimum Gasteiger partial charge on any atom is -0.495 e. The molecule has 0 aliphatic carbocycles. The van der Waals surface area contributed by atoms with E-state index >= 15 is 0 Å². The molecule has 43 heavy (non-hydrogen) atoms. The summed E-state index contributed by atoms with van der Waals surface area (Å²) in [6.07, 6.45) is 0.286. The van der Waals surface area contributed by atoms with Crippen molar-refractivity contribution in [3.05, 3.63) is 76.3 Å². The summed E-state index contributed by atoms with van der Waals surface area (Å²) in [7, 11) is -0.240. The van der Waals surface area contributed by atoms with Crippen molar-refractivity contribution in [1.82, 2.24) is 10.2 Å². The Morgan fingerprint density at radius 3 is 2.02 bits per heavy atom. The second-order valence-electron chi connectivity index (χ2n) is 9.31. The van der Waals surface area contributed by atoms with Crippen LogP contribution in [0.5, 0.6) is 17.2 Å². The number of anilines is 1. The molecule has 1 N–H and O–H groups in total. The average molecular weight is 653 g/mol. The van der Waals surface area contributed by atoms with Crippen molar-refractivity contribution in [2.45, 2.75) is 37.8 Å². The van der Waals surface area contributed by atoms with Crippen molar-refractivity contribution in [2.75, 3.05) is 38.7 Å². The Labute approximate surface area is 262 Å². The lowest BCUT2D eigenvalue weighted by atomic mass is 10.1. The van der Waals surface area contributed by atoms with Crippen LogP contribution >= 0.6 is 23.2 Å². The highest BCUT2D eigenvalue weighted by atomic mass is 35.5. The molecular formula is C30H35Cl2N3O7S. The molecule has 232 valence electrons. The van der Waals surface area contributed by atoms with Gasteiger partial charge in [-0.2, -0.15) is 0 Å². The number of ether oxygens (including phenoxy) is 3. The molecule has 1 atom stereocenters. The van der Waals surface area contributed by atoms with E-state index in [0.717, 1.165) is 4.31 Å². The summed E-state index contributed by atoms with van der Waals surface area (Å²) in [5, 5.41) is 3.50. The van der Waals surface area contributed by atoms with Crippen LogP contribution in [-0.2, 0) is 26.2 Å². The van der Waals surface area contributed by atoms with Gasteiger partial charge in [0, 0.05) is 29.2 Å². The molecule has 0 aromatic heterocycles. The quantitative estimate of drug-likeness (QED) is 0.256. The molecule has 0 heterocycles. The van der Waals surface area contributed by atoms with E-state index in [9.17, 15) is 18.0 Å². The van der Waals surface area contributed by atoms with Gasteiger partial charge in [0.1, 0.15) is 18.3 Å². The molecular weight excluding hydrogens is 617 g/mol. The minimum atomic E-state index is -4.44. The molecule has 0 fully saturated rings. The van der Waals surface area contributed by atoms with E-state index in [1.165, 1.54) is 56.6 Å². The van der Waals surface area contributed by atoms with E-state index in [-0.39, 0.29) is 46.0 Å². The number of benzene rings is 3. The Kier molecular flexibility index (Phi) is 11.9. The molecule has 0 bridgehead atoms. The van der Waals surface area contributed by atoms with Crippen LogP contribution in [0.4, 0.5) is 5.69 Å². The van der Waals surface area contributed by atoms with Crippen molar-refractivity contribution in [2.24, 2.45) is 0 Å². The first-order chi connectivity index (χ1) is 20.5. The molecule has 0 unspecified atom stereocenters. The van der Waals surface area contributed by atoms with Crippen molar-refractivity contribution >= 4 is 50.7 Å². The lowest BCUT2D eigenvalue weighted by molar-refractivity contribution is -0.140. The Bertz CT molecular complexity index is 1540. The third-order valence-corrected chi connectivity index (χ3v) is 8.88. The summed E-state index contributed by atoms with van der Waals surface area (Å²) in [6, 6.07) is 14.5. The van der Waals surface area contributed by atoms with Crippen molar-refractivity contribution in [1.29, 1.82) is 0 Å². The Morgan fingerprint density at radius 2 is 1.44 bits per heavy atom. The number of rotatable bonds is 14. The standard InChI is InChI=1S/C30H35Cl2N3O7S/c1-6-24(30(37)33-7-2)34(18-20-8-10-21(31)11-9-20)29(36)19-35(25-16-22(32)12-14-26(25)40-3)43(38,39)23-13-15-27(41-4)28(17-23)42-5/h8-17,24H,6-7,18-19H2,1-5H3,(H,33,37)/t24-/m0/s1. The molecule has 10 nitrogen and oxygen atoms in total. The fraction of sp³-hybridized carbons (Fsp3) is 0.333. The van der Waals surface area contributed by atoms with Gasteiger partial charge in [-0.15, -0.1) is 0 Å². The molecule has 0 spiro atoms. The van der Waals surface area contributed by atoms with Crippen LogP contribution in [-0.4, -0.2) is 65.6 Å². The van der Waals surface area contributed by atoms with Crippen molar-refractivity contribution in [3.63, 3.8) is 0 Å². The number of methoxy groups -OCH3 is 3. The van der Waals surface area contributed by atoms with E-state index in [1.807, 2.05) is 0 Å². The summed E-state index contributed by atoms with van der Waals surface area (Å²) in [4.78, 5) is 28.5. The first-order valence-electron chi connectivity index (χ1n) is 13.4. The topological polar surface area (TPSA) is 114 Å². The Hall–Kier alpha value is -3.67. The molecule has 3 rings (SSSR count). The van der Waals surface area contributed by atoms with Crippen LogP contribution < -0.4 is 23.8 Å². The summed E-state index contributed by atoms with van der Waals surface area (Å²) < 4.78 is 45.5. The molecule has 2 amide bonds. The number of amides is 2. The summed E-state index contributed by atoms with van der Waals surface area (Å²) in [5.74, 6) is -0.312. The van der Waals surface area contributed by atoms with Gasteiger partial charge in [0.25, 0.3) is 10.0 Å². The molecule has 0 aliphatic rings. The predicted octanol–water partition coefficient (Wildman–Crippen LogP) is 5.16. The first kappa shape index (κ1) is 33.8. The van der Waals surface area contributed by atoms with E-state index in [4.69, 9.17) is 37.4 Å². The Balaban J connectivity index is 2.17. The summed E-state index contributed by atoms with van der Waals surface area (Å²) in [6.45, 7) is 3.27. The van der Waals surface area contributed by atoms with Crippen LogP contribution in [0.25, 0.3) is 0 Å². The molecule has 3 aromatic rings. The van der Waals surface area contributed by atoms with Crippen molar-refractivity contribution in [3.8, 4) is 17.2 Å². The number of nitrogens with one attached hydrogen (secondary N) is 1. The number of hydrogen-bond donors (Lipinski definition) is 1. The summed E-state index contributed by atoms with van der Waals surface area (Å²) in [5.41, 5.74) is 0.741. The monoisotopic (exact) mass is 651 g/mol. The van der Waals surface area contributed by atoms with Crippen LogP contribution in [0, 0.1) is 0 Å². The van der Waals surface area contributed by atoms with Crippen LogP contribution in [0.2, 0.25) is 10.0 Å². The molecule has 3 aromatic carbocycles. The number of nitrogens with zero attached hydrogens (tertiary/aromatic N) is 2. The highest BCUT2D eigenvalue weighted by Gasteiger charge is 2.35. The van der Waals surface area contributed by atoms with Gasteiger partial charge in [0.05, 0.1) is 31.9 Å². The number of likely N-dealkylation sites (N-methyl/N-ethyl adjacent to an activating group) is 1. The SMILES string of the molecule is CCNC(=O)[C@H](CC)N(Cc1ccc(Cl)cc1)C(=O)CN(c1cc(Cl)ccc1OC)S(=O)(=O)c1ccc(OC)c(OC)c1. The van der Waals surface area contributed by atoms with Gasteiger partial charge in [-0.3, -0.25) is 13.9 Å². The van der Waals surface area contributed by atoms with Crippen LogP contribution in [0.3, 0.4) is 0 Å². The van der Waals surface area contributed by atoms with Crippen molar-refractivity contribution < 1.29 is 32.2 Å². The molecule has 0 aliphatic heterocycles. The fourth-order valence-corrected chi connectivity index (χ4v) is 6.20. The average Bonchev–Trinajstić information content (AvgIpc) is 3.00. The highest BCUT2D eigenvalue weighted by Crippen LogP contribution is 2.37. The zero-order valence-corrected chi connectivity index (χ0v) is 26.9. The van der Waals surface area contributed by atoms with E-state index in [2.05, 4.69) is 5.32 Å². The lowest BCUT2D eigenvalue weighted by Gasteiger charge is -2.33. The molecule has 13 heteroatoms. The van der Waals surface area contributed by atoms with Gasteiger partial charge >= 0.3 is 0 Å². The largest absolute Gasteiger partial charge is 0.495 e. The molecule has 0 saturated carbocycles. The highest BCUT2D eigenvalue weighted by molar-refractivity contribution is 7.92. The van der Waals surface area contributed by atoms with Gasteiger partial charge in [0.15, 0.2) is 11.5 Å². The smallest absolute Gasteiger partial charge is 0.265 e. The van der Waals surface area contributed by atoms with Crippen LogP contribution in [0.1, 0.15) is 25.8 Å². The van der Waals surface area contributed by atoms with E-state index in [1.54, 1.807) is 44.2 Å². The zero-order chi connectivity index (χ0) is 31.7. The number of carbonyl (C=O) groups is 2. The molecule has 0 radical (unpaired) electrons. The van der Waals surface area contributed by atoms with Gasteiger partial charge in [-0.25, -0.2) is 8.42 Å². The lowest BCUT2D eigenvalue weighted by Crippen LogP contribution is -2.52.